The lowest BCUT2D eigenvalue weighted by molar-refractivity contribution is -0.172. The van der Waals surface area contributed by atoms with Crippen molar-refractivity contribution in [2.24, 2.45) is 11.1 Å². The summed E-state index contributed by atoms with van der Waals surface area (Å²) in [5.74, 6) is 0.318. The van der Waals surface area contributed by atoms with E-state index in [-0.39, 0.29) is 5.41 Å². The number of hydrogen-bond acceptors (Lipinski definition) is 3. The molecule has 4 nitrogen and oxygen atoms in total. The fourth-order valence-electron chi connectivity index (χ4n) is 4.52. The summed E-state index contributed by atoms with van der Waals surface area (Å²) >= 11 is 0. The van der Waals surface area contributed by atoms with Crippen LogP contribution in [0, 0.1) is 5.41 Å². The number of ether oxygens (including phenoxy) is 1. The van der Waals surface area contributed by atoms with Gasteiger partial charge in [-0.05, 0) is 45.6 Å². The molecule has 0 aromatic rings. The lowest BCUT2D eigenvalue weighted by Gasteiger charge is -2.57. The standard InChI is InChI=1S/C18H34N2O2/c1-3-22-16-14-15(18(16)11-7-8-12-18)20(2)17(21)10-6-4-5-9-13-19/h15-16H,3-14,19H2,1-2H3. The predicted molar refractivity (Wildman–Crippen MR) is 89.6 cm³/mol. The number of carbonyl (C=O) groups is 1. The van der Waals surface area contributed by atoms with Crippen LogP contribution in [0.3, 0.4) is 0 Å². The van der Waals surface area contributed by atoms with Gasteiger partial charge < -0.3 is 15.4 Å². The van der Waals surface area contributed by atoms with Crippen LogP contribution in [0.5, 0.6) is 0 Å². The number of nitrogens with zero attached hydrogens (tertiary/aromatic N) is 1. The Morgan fingerprint density at radius 1 is 1.23 bits per heavy atom. The van der Waals surface area contributed by atoms with E-state index in [1.54, 1.807) is 0 Å². The summed E-state index contributed by atoms with van der Waals surface area (Å²) in [7, 11) is 2.01. The molecule has 4 heteroatoms. The molecule has 128 valence electrons. The number of carbonyl (C=O) groups excluding carboxylic acids is 1. The first-order chi connectivity index (χ1) is 10.7. The van der Waals surface area contributed by atoms with Crippen LogP contribution in [0.2, 0.25) is 0 Å². The monoisotopic (exact) mass is 310 g/mol. The average molecular weight is 310 g/mol. The van der Waals surface area contributed by atoms with Gasteiger partial charge in [0.05, 0.1) is 6.10 Å². The molecule has 2 aliphatic carbocycles. The van der Waals surface area contributed by atoms with Gasteiger partial charge in [-0.1, -0.05) is 25.7 Å². The summed E-state index contributed by atoms with van der Waals surface area (Å²) in [5, 5.41) is 0. The summed E-state index contributed by atoms with van der Waals surface area (Å²) in [6, 6.07) is 0.406. The van der Waals surface area contributed by atoms with Crippen LogP contribution in [0.1, 0.15) is 71.1 Å². The van der Waals surface area contributed by atoms with Gasteiger partial charge in [0.15, 0.2) is 0 Å². The van der Waals surface area contributed by atoms with Gasteiger partial charge >= 0.3 is 0 Å². The molecule has 2 rings (SSSR count). The van der Waals surface area contributed by atoms with Gasteiger partial charge in [-0.25, -0.2) is 0 Å². The Morgan fingerprint density at radius 2 is 1.91 bits per heavy atom. The predicted octanol–water partition coefficient (Wildman–Crippen LogP) is 3.09. The third-order valence-corrected chi connectivity index (χ3v) is 5.85. The van der Waals surface area contributed by atoms with E-state index in [1.807, 2.05) is 11.9 Å². The zero-order chi connectivity index (χ0) is 16.0. The number of hydrogen-bond donors (Lipinski definition) is 1. The molecule has 0 saturated heterocycles. The van der Waals surface area contributed by atoms with E-state index in [4.69, 9.17) is 10.5 Å². The van der Waals surface area contributed by atoms with Crippen molar-refractivity contribution in [3.8, 4) is 0 Å². The molecule has 0 radical (unpaired) electrons. The van der Waals surface area contributed by atoms with E-state index in [0.29, 0.717) is 24.5 Å². The van der Waals surface area contributed by atoms with Gasteiger partial charge in [-0.2, -0.15) is 0 Å². The molecular formula is C18H34N2O2. The Hall–Kier alpha value is -0.610. The molecule has 0 aromatic heterocycles. The molecular weight excluding hydrogens is 276 g/mol. The minimum atomic E-state index is 0.264. The van der Waals surface area contributed by atoms with E-state index in [0.717, 1.165) is 45.3 Å². The van der Waals surface area contributed by atoms with Crippen LogP contribution in [-0.2, 0) is 9.53 Å². The van der Waals surface area contributed by atoms with Crippen LogP contribution in [0.15, 0.2) is 0 Å². The highest BCUT2D eigenvalue weighted by atomic mass is 16.5. The molecule has 1 spiro atoms. The first kappa shape index (κ1) is 17.7. The second kappa shape index (κ2) is 8.30. The van der Waals surface area contributed by atoms with Crippen LogP contribution >= 0.6 is 0 Å². The number of nitrogens with two attached hydrogens (primary N) is 1. The maximum absolute atomic E-state index is 12.5. The van der Waals surface area contributed by atoms with Crippen molar-refractivity contribution in [1.29, 1.82) is 0 Å². The van der Waals surface area contributed by atoms with Crippen LogP contribution in [0.25, 0.3) is 0 Å². The Balaban J connectivity index is 1.81. The number of rotatable bonds is 9. The molecule has 0 heterocycles. The van der Waals surface area contributed by atoms with Gasteiger partial charge in [-0.15, -0.1) is 0 Å². The van der Waals surface area contributed by atoms with Crippen molar-refractivity contribution in [3.63, 3.8) is 0 Å². The first-order valence-electron chi connectivity index (χ1n) is 9.23. The maximum atomic E-state index is 12.5. The first-order valence-corrected chi connectivity index (χ1v) is 9.23. The van der Waals surface area contributed by atoms with E-state index in [9.17, 15) is 4.79 Å². The van der Waals surface area contributed by atoms with Gasteiger partial charge in [0, 0.05) is 31.5 Å². The van der Waals surface area contributed by atoms with Gasteiger partial charge in [0.1, 0.15) is 0 Å². The van der Waals surface area contributed by atoms with Crippen molar-refractivity contribution in [2.45, 2.75) is 83.3 Å². The minimum Gasteiger partial charge on any atom is -0.378 e. The molecule has 2 N–H and O–H groups in total. The van der Waals surface area contributed by atoms with E-state index >= 15 is 0 Å². The Bertz CT molecular complexity index is 353. The highest BCUT2D eigenvalue weighted by molar-refractivity contribution is 5.76. The normalized spacial score (nSPS) is 26.1. The van der Waals surface area contributed by atoms with Crippen molar-refractivity contribution in [3.05, 3.63) is 0 Å². The fourth-order valence-corrected chi connectivity index (χ4v) is 4.52. The second-order valence-corrected chi connectivity index (χ2v) is 7.09. The smallest absolute Gasteiger partial charge is 0.222 e. The average Bonchev–Trinajstić information content (AvgIpc) is 3.02. The third-order valence-electron chi connectivity index (χ3n) is 5.85. The van der Waals surface area contributed by atoms with Gasteiger partial charge in [0.2, 0.25) is 5.91 Å². The number of amides is 1. The molecule has 1 amide bonds. The van der Waals surface area contributed by atoms with E-state index in [2.05, 4.69) is 6.92 Å². The van der Waals surface area contributed by atoms with Gasteiger partial charge in [-0.3, -0.25) is 4.79 Å². The van der Waals surface area contributed by atoms with Gasteiger partial charge in [0.25, 0.3) is 0 Å². The lowest BCUT2D eigenvalue weighted by atomic mass is 9.60. The molecule has 0 bridgehead atoms. The fraction of sp³-hybridized carbons (Fsp3) is 0.944. The zero-order valence-electron chi connectivity index (χ0n) is 14.5. The molecule has 2 unspecified atom stereocenters. The van der Waals surface area contributed by atoms with Crippen molar-refractivity contribution < 1.29 is 9.53 Å². The summed E-state index contributed by atoms with van der Waals surface area (Å²) < 4.78 is 5.95. The quantitative estimate of drug-likeness (QED) is 0.666. The van der Waals surface area contributed by atoms with Crippen LogP contribution in [0.4, 0.5) is 0 Å². The Morgan fingerprint density at radius 3 is 2.55 bits per heavy atom. The molecule has 22 heavy (non-hydrogen) atoms. The zero-order valence-corrected chi connectivity index (χ0v) is 14.5. The maximum Gasteiger partial charge on any atom is 0.222 e. The highest BCUT2D eigenvalue weighted by Gasteiger charge is 2.58. The SMILES string of the molecule is CCOC1CC(N(C)C(=O)CCCCCCN)C12CCCC2. The van der Waals surface area contributed by atoms with Crippen LogP contribution in [-0.4, -0.2) is 43.2 Å². The highest BCUT2D eigenvalue weighted by Crippen LogP contribution is 2.56. The second-order valence-electron chi connectivity index (χ2n) is 7.09. The summed E-state index contributed by atoms with van der Waals surface area (Å²) in [5.41, 5.74) is 5.76. The molecule has 0 aromatic carbocycles. The Kier molecular flexibility index (Phi) is 6.69. The Labute approximate surface area is 135 Å². The molecule has 2 fully saturated rings. The minimum absolute atomic E-state index is 0.264. The summed E-state index contributed by atoms with van der Waals surface area (Å²) in [4.78, 5) is 14.5. The molecule has 2 saturated carbocycles. The third kappa shape index (κ3) is 3.65. The summed E-state index contributed by atoms with van der Waals surface area (Å²) in [6.07, 6.45) is 11.5. The lowest BCUT2D eigenvalue weighted by Crippen LogP contribution is -2.63. The number of unbranched alkanes of at least 4 members (excludes halogenated alkanes) is 3. The van der Waals surface area contributed by atoms with E-state index in [1.165, 1.54) is 25.7 Å². The summed E-state index contributed by atoms with van der Waals surface area (Å²) in [6.45, 7) is 3.63. The largest absolute Gasteiger partial charge is 0.378 e. The topological polar surface area (TPSA) is 55.6 Å². The van der Waals surface area contributed by atoms with E-state index < -0.39 is 0 Å². The van der Waals surface area contributed by atoms with Crippen LogP contribution < -0.4 is 5.73 Å². The molecule has 0 aliphatic heterocycles. The molecule has 2 aliphatic rings. The van der Waals surface area contributed by atoms with Crippen molar-refractivity contribution in [2.75, 3.05) is 20.2 Å². The van der Waals surface area contributed by atoms with Crippen molar-refractivity contribution >= 4 is 5.91 Å². The molecule has 2 atom stereocenters. The van der Waals surface area contributed by atoms with Crippen molar-refractivity contribution in [1.82, 2.24) is 4.90 Å².